The van der Waals surface area contributed by atoms with Crippen LogP contribution in [0, 0.1) is 0 Å². The van der Waals surface area contributed by atoms with Crippen LogP contribution in [-0.4, -0.2) is 142 Å². The maximum atomic E-state index is 13.0. The molecule has 15 nitrogen and oxygen atoms in total. The predicted octanol–water partition coefficient (Wildman–Crippen LogP) is 6.71. The molecule has 2 heterocycles. The minimum atomic E-state index is -1.77. The number of unbranched alkanes of at least 4 members (excludes halogenated alkanes) is 16. The van der Waals surface area contributed by atoms with Gasteiger partial charge in [-0.15, -0.1) is 0 Å². The van der Waals surface area contributed by atoms with Crippen molar-refractivity contribution in [2.45, 2.75) is 235 Å². The lowest BCUT2D eigenvalue weighted by atomic mass is 9.98. The topological polar surface area (TPSA) is 231 Å². The van der Waals surface area contributed by atoms with E-state index >= 15 is 0 Å². The molecule has 15 heteroatoms. The molecule has 0 aliphatic carbocycles. The number of aliphatic hydroxyl groups is 7. The Balaban J connectivity index is 1.83. The van der Waals surface area contributed by atoms with Crippen molar-refractivity contribution in [3.8, 4) is 0 Å². The normalized spacial score (nSPS) is 26.6. The summed E-state index contributed by atoms with van der Waals surface area (Å²) >= 11 is 0. The van der Waals surface area contributed by atoms with E-state index in [1.165, 1.54) is 44.9 Å². The highest BCUT2D eigenvalue weighted by atomic mass is 16.7. The highest BCUT2D eigenvalue weighted by Crippen LogP contribution is 2.26. The standard InChI is InChI=1S/C51H88O15/c1-3-5-7-9-11-13-15-17-19-21-23-25-27-29-31-33-42(53)61-36-39(64-43(54)34-32-30-28-26-24-22-20-18-16-14-12-10-8-6-4-2)37-62-50-49(60)47(58)45(56)41(66-50)38-63-51-48(59)46(57)44(55)40(35-52)65-51/h6,8,12-15,18,20,39-41,44-52,55-60H,3-5,7,9-11,16-17,19,21-38H2,1-2H3/b8-6+,14-12+,15-13+,20-18+/t39-,40-,41-,44+,45+,46?,47?,48?,49?,50-,51-/m1/s1. The first-order valence-electron chi connectivity index (χ1n) is 25.2. The van der Waals surface area contributed by atoms with E-state index in [2.05, 4.69) is 62.5 Å². The number of aliphatic hydroxyl groups excluding tert-OH is 7. The molecular weight excluding hydrogens is 853 g/mol. The minimum Gasteiger partial charge on any atom is -0.462 e. The zero-order valence-electron chi connectivity index (χ0n) is 40.2. The summed E-state index contributed by atoms with van der Waals surface area (Å²) < 4.78 is 33.5. The fourth-order valence-electron chi connectivity index (χ4n) is 7.64. The molecule has 0 bridgehead atoms. The van der Waals surface area contributed by atoms with E-state index in [1.54, 1.807) is 0 Å². The van der Waals surface area contributed by atoms with Gasteiger partial charge in [-0.25, -0.2) is 0 Å². The number of allylic oxidation sites excluding steroid dienone is 8. The summed E-state index contributed by atoms with van der Waals surface area (Å²) in [6.45, 7) is 2.43. The first-order chi connectivity index (χ1) is 32.0. The first-order valence-corrected chi connectivity index (χ1v) is 25.2. The van der Waals surface area contributed by atoms with E-state index in [-0.39, 0.29) is 19.4 Å². The summed E-state index contributed by atoms with van der Waals surface area (Å²) in [7, 11) is 0. The number of carbonyl (C=O) groups is 2. The van der Waals surface area contributed by atoms with Crippen molar-refractivity contribution >= 4 is 11.9 Å². The summed E-state index contributed by atoms with van der Waals surface area (Å²) in [5, 5.41) is 72.0. The zero-order chi connectivity index (χ0) is 48.2. The van der Waals surface area contributed by atoms with Crippen LogP contribution < -0.4 is 0 Å². The van der Waals surface area contributed by atoms with E-state index < -0.39 is 99.3 Å². The van der Waals surface area contributed by atoms with Gasteiger partial charge < -0.3 is 64.2 Å². The van der Waals surface area contributed by atoms with Gasteiger partial charge in [0, 0.05) is 12.8 Å². The first kappa shape index (κ1) is 59.6. The summed E-state index contributed by atoms with van der Waals surface area (Å²) in [5.41, 5.74) is 0. The molecular formula is C51H88O15. The van der Waals surface area contributed by atoms with Gasteiger partial charge in [0.05, 0.1) is 19.8 Å². The number of rotatable bonds is 38. The fourth-order valence-corrected chi connectivity index (χ4v) is 7.64. The van der Waals surface area contributed by atoms with Gasteiger partial charge in [-0.1, -0.05) is 133 Å². The summed E-state index contributed by atoms with van der Waals surface area (Å²) in [4.78, 5) is 25.7. The highest BCUT2D eigenvalue weighted by molar-refractivity contribution is 5.70. The number of esters is 2. The van der Waals surface area contributed by atoms with Gasteiger partial charge >= 0.3 is 11.9 Å². The average Bonchev–Trinajstić information content (AvgIpc) is 3.31. The van der Waals surface area contributed by atoms with Crippen molar-refractivity contribution in [1.82, 2.24) is 0 Å². The Morgan fingerprint density at radius 3 is 1.52 bits per heavy atom. The maximum absolute atomic E-state index is 13.0. The smallest absolute Gasteiger partial charge is 0.306 e. The third kappa shape index (κ3) is 26.3. The lowest BCUT2D eigenvalue weighted by molar-refractivity contribution is -0.332. The second-order valence-electron chi connectivity index (χ2n) is 17.6. The van der Waals surface area contributed by atoms with Gasteiger partial charge in [-0.3, -0.25) is 9.59 Å². The predicted molar refractivity (Wildman–Crippen MR) is 252 cm³/mol. The molecule has 0 saturated carbocycles. The molecule has 66 heavy (non-hydrogen) atoms. The third-order valence-corrected chi connectivity index (χ3v) is 11.8. The van der Waals surface area contributed by atoms with Gasteiger partial charge in [0.25, 0.3) is 0 Å². The lowest BCUT2D eigenvalue weighted by Gasteiger charge is -2.42. The van der Waals surface area contributed by atoms with Crippen molar-refractivity contribution in [3.63, 3.8) is 0 Å². The lowest BCUT2D eigenvalue weighted by Crippen LogP contribution is -2.61. The van der Waals surface area contributed by atoms with Crippen LogP contribution in [0.25, 0.3) is 0 Å². The molecule has 4 unspecified atom stereocenters. The Morgan fingerprint density at radius 2 is 0.955 bits per heavy atom. The largest absolute Gasteiger partial charge is 0.462 e. The molecule has 0 aromatic carbocycles. The van der Waals surface area contributed by atoms with Crippen LogP contribution in [0.4, 0.5) is 0 Å². The monoisotopic (exact) mass is 941 g/mol. The molecule has 7 N–H and O–H groups in total. The van der Waals surface area contributed by atoms with Gasteiger partial charge in [-0.05, 0) is 70.6 Å². The second kappa shape index (κ2) is 38.3. The molecule has 0 amide bonds. The molecule has 0 radical (unpaired) electrons. The van der Waals surface area contributed by atoms with Crippen molar-refractivity contribution < 1.29 is 73.8 Å². The van der Waals surface area contributed by atoms with Crippen molar-refractivity contribution in [2.75, 3.05) is 26.4 Å². The van der Waals surface area contributed by atoms with Gasteiger partial charge in [0.2, 0.25) is 0 Å². The number of ether oxygens (including phenoxy) is 6. The second-order valence-corrected chi connectivity index (χ2v) is 17.6. The maximum Gasteiger partial charge on any atom is 0.306 e. The molecule has 2 saturated heterocycles. The van der Waals surface area contributed by atoms with Gasteiger partial charge in [0.1, 0.15) is 55.4 Å². The minimum absolute atomic E-state index is 0.144. The number of carbonyl (C=O) groups excluding carboxylic acids is 2. The van der Waals surface area contributed by atoms with E-state index in [9.17, 15) is 45.3 Å². The highest BCUT2D eigenvalue weighted by Gasteiger charge is 2.47. The molecule has 382 valence electrons. The summed E-state index contributed by atoms with van der Waals surface area (Å²) in [6.07, 6.45) is 24.2. The van der Waals surface area contributed by atoms with Crippen LogP contribution in [0.2, 0.25) is 0 Å². The van der Waals surface area contributed by atoms with Gasteiger partial charge in [-0.2, -0.15) is 0 Å². The molecule has 2 fully saturated rings. The van der Waals surface area contributed by atoms with Crippen LogP contribution in [0.5, 0.6) is 0 Å². The quantitative estimate of drug-likeness (QED) is 0.0194. The average molecular weight is 941 g/mol. The van der Waals surface area contributed by atoms with Crippen molar-refractivity contribution in [2.24, 2.45) is 0 Å². The Bertz CT molecular complexity index is 1340. The number of hydrogen-bond donors (Lipinski definition) is 7. The summed E-state index contributed by atoms with van der Waals surface area (Å²) in [5.74, 6) is -0.952. The molecule has 0 spiro atoms. The van der Waals surface area contributed by atoms with Crippen molar-refractivity contribution in [3.05, 3.63) is 48.6 Å². The fraction of sp³-hybridized carbons (Fsp3) is 0.804. The zero-order valence-corrected chi connectivity index (χ0v) is 40.2. The number of hydrogen-bond acceptors (Lipinski definition) is 15. The molecule has 2 rings (SSSR count). The molecule has 0 aromatic heterocycles. The van der Waals surface area contributed by atoms with E-state index in [0.29, 0.717) is 12.8 Å². The molecule has 2 aliphatic rings. The Labute approximate surface area is 395 Å². The summed E-state index contributed by atoms with van der Waals surface area (Å²) in [6, 6.07) is 0. The van der Waals surface area contributed by atoms with E-state index in [1.807, 2.05) is 0 Å². The van der Waals surface area contributed by atoms with E-state index in [4.69, 9.17) is 28.4 Å². The molecule has 2 aliphatic heterocycles. The molecule has 0 aromatic rings. The van der Waals surface area contributed by atoms with Gasteiger partial charge in [0.15, 0.2) is 18.7 Å². The Kier molecular flexibility index (Phi) is 34.6. The van der Waals surface area contributed by atoms with Crippen LogP contribution in [0.15, 0.2) is 48.6 Å². The SMILES string of the molecule is CC/C=C/C/C=C/C/C=C/CCCCCCCC(=O)O[C@H](COC(=O)CCCCCCCCC/C=C/CCCCCC)CO[C@@H]1O[C@H](CO[C@@H]2O[C@H](CO)[C@H](O)C(O)C2O)[C@H](O)C(O)C1O. The van der Waals surface area contributed by atoms with Crippen LogP contribution in [0.1, 0.15) is 168 Å². The van der Waals surface area contributed by atoms with Crippen molar-refractivity contribution in [1.29, 1.82) is 0 Å². The van der Waals surface area contributed by atoms with E-state index in [0.717, 1.165) is 83.5 Å². The van der Waals surface area contributed by atoms with Crippen LogP contribution in [-0.2, 0) is 38.0 Å². The van der Waals surface area contributed by atoms with Crippen LogP contribution in [0.3, 0.4) is 0 Å². The Hall–Kier alpha value is -2.54. The Morgan fingerprint density at radius 1 is 0.500 bits per heavy atom. The molecule has 11 atom stereocenters. The van der Waals surface area contributed by atoms with Crippen LogP contribution >= 0.6 is 0 Å². The third-order valence-electron chi connectivity index (χ3n) is 11.8.